The molecule has 0 radical (unpaired) electrons. The van der Waals surface area contributed by atoms with Crippen LogP contribution in [0.3, 0.4) is 0 Å². The summed E-state index contributed by atoms with van der Waals surface area (Å²) in [5.74, 6) is -4.62. The number of benzene rings is 2. The van der Waals surface area contributed by atoms with Crippen LogP contribution >= 0.6 is 11.6 Å². The van der Waals surface area contributed by atoms with Gasteiger partial charge >= 0.3 is 0 Å². The Labute approximate surface area is 256 Å². The number of hydrogen-bond donors (Lipinski definition) is 1. The molecule has 0 bridgehead atoms. The number of piperazine rings is 1. The first-order chi connectivity index (χ1) is 21.0. The second-order valence-corrected chi connectivity index (χ2v) is 12.3. The first-order valence-corrected chi connectivity index (χ1v) is 14.8. The standard InChI is InChI=1S/C31H29ClF3N5O4/c1-14-11-39-20(12-38(14)30(42)15(2)33)31(43)40-13-22(19-7-5-9-37(19)3)44-29-28(40)27(39)16-10-17(32)23(25(35)26(16)36-29)24-18(34)6-4-8-21(24)41/h4,6,8,10,14,19-20,22,41H,2,5,7,9,11-13H2,1,3H3/t14-,19+,20-,22-/m1/s1. The van der Waals surface area contributed by atoms with Gasteiger partial charge in [0.05, 0.1) is 29.4 Å². The third-order valence-corrected chi connectivity index (χ3v) is 9.60. The number of amides is 2. The first kappa shape index (κ1) is 28.7. The number of halogens is 4. The third kappa shape index (κ3) is 4.14. The zero-order chi connectivity index (χ0) is 31.2. The molecule has 5 heterocycles. The maximum Gasteiger partial charge on any atom is 0.282 e. The molecule has 0 saturated carbocycles. The van der Waals surface area contributed by atoms with Gasteiger partial charge in [0.1, 0.15) is 34.9 Å². The summed E-state index contributed by atoms with van der Waals surface area (Å²) >= 11 is 6.63. The number of ether oxygens (including phenoxy) is 1. The topological polar surface area (TPSA) is 89.5 Å². The number of likely N-dealkylation sites (tertiary alicyclic amines) is 1. The number of hydrogen-bond acceptors (Lipinski definition) is 7. The number of aromatic hydroxyl groups is 1. The van der Waals surface area contributed by atoms with Gasteiger partial charge in [0, 0.05) is 29.6 Å². The lowest BCUT2D eigenvalue weighted by Gasteiger charge is -2.52. The van der Waals surface area contributed by atoms with E-state index in [-0.39, 0.29) is 59.0 Å². The molecule has 2 aromatic carbocycles. The smallest absolute Gasteiger partial charge is 0.282 e. The van der Waals surface area contributed by atoms with Crippen molar-refractivity contribution in [1.29, 1.82) is 0 Å². The number of carbonyl (C=O) groups excluding carboxylic acids is 2. The highest BCUT2D eigenvalue weighted by atomic mass is 35.5. The van der Waals surface area contributed by atoms with E-state index in [1.165, 1.54) is 23.1 Å². The number of rotatable bonds is 3. The van der Waals surface area contributed by atoms with E-state index in [2.05, 4.69) is 16.5 Å². The van der Waals surface area contributed by atoms with Crippen LogP contribution in [0.2, 0.25) is 5.02 Å². The van der Waals surface area contributed by atoms with Crippen molar-refractivity contribution in [1.82, 2.24) is 14.8 Å². The van der Waals surface area contributed by atoms with Crippen LogP contribution in [-0.4, -0.2) is 89.2 Å². The Balaban J connectivity index is 1.47. The van der Waals surface area contributed by atoms with Gasteiger partial charge in [-0.25, -0.2) is 18.2 Å². The number of likely N-dealkylation sites (N-methyl/N-ethyl adjacent to an activating group) is 1. The molecule has 4 aliphatic rings. The monoisotopic (exact) mass is 627 g/mol. The van der Waals surface area contributed by atoms with Crippen molar-refractivity contribution < 1.29 is 32.6 Å². The van der Waals surface area contributed by atoms with E-state index in [9.17, 15) is 23.5 Å². The quantitative estimate of drug-likeness (QED) is 0.424. The number of nitrogens with zero attached hydrogens (tertiary/aromatic N) is 5. The van der Waals surface area contributed by atoms with E-state index in [0.29, 0.717) is 11.4 Å². The number of anilines is 2. The molecule has 9 nitrogen and oxygen atoms in total. The Morgan fingerprint density at radius 3 is 2.64 bits per heavy atom. The van der Waals surface area contributed by atoms with Gasteiger partial charge in [-0.05, 0) is 51.6 Å². The molecule has 1 N–H and O–H groups in total. The predicted molar refractivity (Wildman–Crippen MR) is 159 cm³/mol. The summed E-state index contributed by atoms with van der Waals surface area (Å²) in [5, 5.41) is 10.5. The van der Waals surface area contributed by atoms with Crippen molar-refractivity contribution in [3.63, 3.8) is 0 Å². The lowest BCUT2D eigenvalue weighted by molar-refractivity contribution is -0.133. The van der Waals surface area contributed by atoms with E-state index < -0.39 is 52.9 Å². The molecule has 4 atom stereocenters. The lowest BCUT2D eigenvalue weighted by atomic mass is 9.94. The number of pyridine rings is 1. The van der Waals surface area contributed by atoms with E-state index in [4.69, 9.17) is 16.3 Å². The zero-order valence-corrected chi connectivity index (χ0v) is 24.7. The van der Waals surface area contributed by atoms with Crippen molar-refractivity contribution in [2.75, 3.05) is 43.0 Å². The van der Waals surface area contributed by atoms with E-state index >= 15 is 4.39 Å². The third-order valence-electron chi connectivity index (χ3n) is 9.30. The second kappa shape index (κ2) is 10.3. The van der Waals surface area contributed by atoms with Crippen molar-refractivity contribution in [2.24, 2.45) is 0 Å². The molecule has 2 fully saturated rings. The molecule has 2 saturated heterocycles. The van der Waals surface area contributed by atoms with Crippen LogP contribution in [0.1, 0.15) is 19.8 Å². The maximum absolute atomic E-state index is 16.6. The summed E-state index contributed by atoms with van der Waals surface area (Å²) in [5.41, 5.74) is -0.163. The molecule has 0 unspecified atom stereocenters. The van der Waals surface area contributed by atoms with Gasteiger partial charge in [-0.15, -0.1) is 0 Å². The van der Waals surface area contributed by atoms with Gasteiger partial charge in [-0.2, -0.15) is 0 Å². The van der Waals surface area contributed by atoms with Gasteiger partial charge < -0.3 is 24.5 Å². The minimum Gasteiger partial charge on any atom is -0.507 e. The molecule has 0 spiro atoms. The predicted octanol–water partition coefficient (Wildman–Crippen LogP) is 4.63. The average Bonchev–Trinajstić information content (AvgIpc) is 3.41. The Kier molecular flexibility index (Phi) is 6.70. The van der Waals surface area contributed by atoms with Crippen LogP contribution in [0.5, 0.6) is 11.6 Å². The Morgan fingerprint density at radius 2 is 1.95 bits per heavy atom. The molecule has 13 heteroatoms. The largest absolute Gasteiger partial charge is 0.507 e. The van der Waals surface area contributed by atoms with Crippen LogP contribution in [0, 0.1) is 11.6 Å². The zero-order valence-electron chi connectivity index (χ0n) is 24.0. The summed E-state index contributed by atoms with van der Waals surface area (Å²) in [6.07, 6.45) is 1.28. The summed E-state index contributed by atoms with van der Waals surface area (Å²) in [6.45, 7) is 5.90. The SMILES string of the molecule is C=C(F)C(=O)N1C[C@@H]2C(=O)N3C[C@H]([C@@H]4CCCN4C)Oc4nc5c(F)c(-c6c(O)cccc6F)c(Cl)cc5c(c43)N2C[C@H]1C. The Morgan fingerprint density at radius 1 is 1.18 bits per heavy atom. The highest BCUT2D eigenvalue weighted by Gasteiger charge is 2.51. The average molecular weight is 628 g/mol. The minimum atomic E-state index is -1.13. The van der Waals surface area contributed by atoms with Gasteiger partial charge in [0.15, 0.2) is 11.6 Å². The fraction of sp³-hybridized carbons (Fsp3) is 0.387. The number of phenolic OH excluding ortho intramolecular Hbond substituents is 1. The van der Waals surface area contributed by atoms with Gasteiger partial charge in [-0.3, -0.25) is 14.5 Å². The fourth-order valence-electron chi connectivity index (χ4n) is 7.20. The second-order valence-electron chi connectivity index (χ2n) is 11.9. The molecule has 3 aromatic rings. The number of fused-ring (bicyclic) bond motifs is 4. The van der Waals surface area contributed by atoms with Gasteiger partial charge in [-0.1, -0.05) is 24.2 Å². The van der Waals surface area contributed by atoms with Crippen LogP contribution in [0.15, 0.2) is 36.7 Å². The first-order valence-electron chi connectivity index (χ1n) is 14.4. The highest BCUT2D eigenvalue weighted by molar-refractivity contribution is 6.35. The summed E-state index contributed by atoms with van der Waals surface area (Å²) < 4.78 is 52.0. The maximum atomic E-state index is 16.6. The Hall–Kier alpha value is -4.03. The van der Waals surface area contributed by atoms with Crippen molar-refractivity contribution in [2.45, 2.75) is 44.0 Å². The molecular weight excluding hydrogens is 599 g/mol. The summed E-state index contributed by atoms with van der Waals surface area (Å²) in [6, 6.07) is 3.57. The van der Waals surface area contributed by atoms with Gasteiger partial charge in [0.2, 0.25) is 5.88 Å². The molecule has 2 amide bonds. The molecule has 44 heavy (non-hydrogen) atoms. The van der Waals surface area contributed by atoms with Crippen molar-refractivity contribution in [3.05, 3.63) is 53.3 Å². The van der Waals surface area contributed by atoms with Crippen LogP contribution in [-0.2, 0) is 9.59 Å². The molecule has 1 aromatic heterocycles. The van der Waals surface area contributed by atoms with E-state index in [0.717, 1.165) is 25.5 Å². The van der Waals surface area contributed by atoms with E-state index in [1.54, 1.807) is 16.7 Å². The fourth-order valence-corrected chi connectivity index (χ4v) is 7.48. The van der Waals surface area contributed by atoms with E-state index in [1.807, 2.05) is 7.05 Å². The van der Waals surface area contributed by atoms with Crippen LogP contribution in [0.4, 0.5) is 24.5 Å². The van der Waals surface area contributed by atoms with Crippen LogP contribution in [0.25, 0.3) is 22.0 Å². The summed E-state index contributed by atoms with van der Waals surface area (Å²) in [4.78, 5) is 38.2. The molecule has 7 rings (SSSR count). The Bertz CT molecular complexity index is 1750. The highest BCUT2D eigenvalue weighted by Crippen LogP contribution is 2.52. The molecule has 230 valence electrons. The molecule has 0 aliphatic carbocycles. The van der Waals surface area contributed by atoms with Crippen molar-refractivity contribution >= 4 is 45.7 Å². The number of carbonyl (C=O) groups is 2. The van der Waals surface area contributed by atoms with Gasteiger partial charge in [0.25, 0.3) is 11.8 Å². The molecular formula is C31H29ClF3N5O4. The lowest BCUT2D eigenvalue weighted by Crippen LogP contribution is -2.67. The number of phenols is 1. The normalized spacial score (nSPS) is 24.8. The minimum absolute atomic E-state index is 0.0322. The number of aromatic nitrogens is 1. The molecule has 4 aliphatic heterocycles. The van der Waals surface area contributed by atoms with Crippen molar-refractivity contribution in [3.8, 4) is 22.8 Å². The summed E-state index contributed by atoms with van der Waals surface area (Å²) in [7, 11) is 1.97. The van der Waals surface area contributed by atoms with Crippen LogP contribution < -0.4 is 14.5 Å².